The summed E-state index contributed by atoms with van der Waals surface area (Å²) < 4.78 is 7.03. The minimum absolute atomic E-state index is 0.655. The lowest BCUT2D eigenvalue weighted by atomic mass is 10.1. The van der Waals surface area contributed by atoms with Gasteiger partial charge in [0.15, 0.2) is 5.96 Å². The average molecular weight is 295 g/mol. The van der Waals surface area contributed by atoms with Gasteiger partial charge in [0, 0.05) is 38.5 Å². The average Bonchev–Trinajstić information content (AvgIpc) is 2.80. The highest BCUT2D eigenvalue weighted by Crippen LogP contribution is 2.16. The lowest BCUT2D eigenvalue weighted by Crippen LogP contribution is -2.38. The zero-order valence-corrected chi connectivity index (χ0v) is 14.0. The smallest absolute Gasteiger partial charge is 0.191 e. The van der Waals surface area contributed by atoms with Crippen molar-refractivity contribution in [2.24, 2.45) is 12.0 Å². The number of aliphatic imine (C=N–C) groups is 1. The van der Waals surface area contributed by atoms with Gasteiger partial charge < -0.3 is 15.4 Å². The molecule has 6 heteroatoms. The van der Waals surface area contributed by atoms with Crippen molar-refractivity contribution in [3.05, 3.63) is 17.0 Å². The normalized spacial score (nSPS) is 11.8. The fourth-order valence-corrected chi connectivity index (χ4v) is 2.34. The van der Waals surface area contributed by atoms with E-state index in [1.54, 1.807) is 7.11 Å². The molecule has 0 aliphatic heterocycles. The molecule has 1 aromatic heterocycles. The van der Waals surface area contributed by atoms with Crippen LogP contribution in [0.5, 0.6) is 0 Å². The summed E-state index contributed by atoms with van der Waals surface area (Å²) in [5.74, 6) is 0.822. The van der Waals surface area contributed by atoms with Crippen LogP contribution in [0.1, 0.15) is 37.7 Å². The Bertz CT molecular complexity index is 453. The summed E-state index contributed by atoms with van der Waals surface area (Å²) in [6.45, 7) is 9.26. The Balaban J connectivity index is 2.83. The topological polar surface area (TPSA) is 63.5 Å². The summed E-state index contributed by atoms with van der Waals surface area (Å²) in [7, 11) is 3.70. The molecule has 0 radical (unpaired) electrons. The van der Waals surface area contributed by atoms with Crippen molar-refractivity contribution in [3.63, 3.8) is 0 Å². The molecule has 0 spiro atoms. The number of guanidine groups is 1. The molecule has 120 valence electrons. The highest BCUT2D eigenvalue weighted by Gasteiger charge is 2.13. The van der Waals surface area contributed by atoms with E-state index in [9.17, 15) is 0 Å². The third kappa shape index (κ3) is 5.04. The molecule has 1 heterocycles. The maximum atomic E-state index is 5.05. The predicted molar refractivity (Wildman–Crippen MR) is 86.7 cm³/mol. The van der Waals surface area contributed by atoms with Crippen LogP contribution >= 0.6 is 0 Å². The van der Waals surface area contributed by atoms with Gasteiger partial charge in [-0.05, 0) is 19.8 Å². The molecule has 0 aromatic carbocycles. The quantitative estimate of drug-likeness (QED) is 0.430. The Kier molecular flexibility index (Phi) is 7.82. The highest BCUT2D eigenvalue weighted by molar-refractivity contribution is 5.79. The molecule has 1 rings (SSSR count). The molecule has 0 bridgehead atoms. The van der Waals surface area contributed by atoms with Gasteiger partial charge in [-0.2, -0.15) is 5.10 Å². The van der Waals surface area contributed by atoms with E-state index in [0.29, 0.717) is 13.2 Å². The molecule has 0 aliphatic carbocycles. The molecule has 0 fully saturated rings. The van der Waals surface area contributed by atoms with Crippen LogP contribution < -0.4 is 10.6 Å². The second kappa shape index (κ2) is 9.39. The summed E-state index contributed by atoms with van der Waals surface area (Å²) in [6, 6.07) is 0. The van der Waals surface area contributed by atoms with E-state index in [4.69, 9.17) is 4.74 Å². The number of methoxy groups -OCH3 is 1. The fourth-order valence-electron chi connectivity index (χ4n) is 2.34. The number of aryl methyl sites for hydroxylation is 2. The van der Waals surface area contributed by atoms with E-state index < -0.39 is 0 Å². The Hall–Kier alpha value is -1.56. The first kappa shape index (κ1) is 17.5. The van der Waals surface area contributed by atoms with E-state index in [2.05, 4.69) is 41.5 Å². The number of nitrogens with zero attached hydrogens (tertiary/aromatic N) is 3. The van der Waals surface area contributed by atoms with Gasteiger partial charge in [-0.15, -0.1) is 0 Å². The van der Waals surface area contributed by atoms with Crippen LogP contribution in [0.2, 0.25) is 0 Å². The highest BCUT2D eigenvalue weighted by atomic mass is 16.5. The Morgan fingerprint density at radius 3 is 2.57 bits per heavy atom. The van der Waals surface area contributed by atoms with Crippen molar-refractivity contribution >= 4 is 5.96 Å². The molecule has 1 aromatic rings. The molecule has 2 N–H and O–H groups in total. The van der Waals surface area contributed by atoms with Crippen molar-refractivity contribution in [2.75, 3.05) is 26.8 Å². The largest absolute Gasteiger partial charge is 0.383 e. The third-order valence-electron chi connectivity index (χ3n) is 3.37. The molecule has 0 saturated carbocycles. The van der Waals surface area contributed by atoms with E-state index in [-0.39, 0.29) is 0 Å². The van der Waals surface area contributed by atoms with Crippen molar-refractivity contribution < 1.29 is 4.74 Å². The van der Waals surface area contributed by atoms with Crippen LogP contribution in [0.3, 0.4) is 0 Å². The lowest BCUT2D eigenvalue weighted by Gasteiger charge is -2.11. The van der Waals surface area contributed by atoms with Gasteiger partial charge in [0.05, 0.1) is 18.8 Å². The number of aromatic nitrogens is 2. The number of hydrogen-bond donors (Lipinski definition) is 2. The molecule has 0 amide bonds. The summed E-state index contributed by atoms with van der Waals surface area (Å²) in [5, 5.41) is 11.1. The number of nitrogens with one attached hydrogen (secondary N) is 2. The minimum Gasteiger partial charge on any atom is -0.383 e. The van der Waals surface area contributed by atoms with Gasteiger partial charge in [-0.1, -0.05) is 13.8 Å². The Morgan fingerprint density at radius 2 is 2.00 bits per heavy atom. The number of ether oxygens (including phenoxy) is 1. The molecule has 6 nitrogen and oxygen atoms in total. The first-order valence-electron chi connectivity index (χ1n) is 7.72. The summed E-state index contributed by atoms with van der Waals surface area (Å²) >= 11 is 0. The van der Waals surface area contributed by atoms with E-state index in [1.165, 1.54) is 11.3 Å². The van der Waals surface area contributed by atoms with Gasteiger partial charge >= 0.3 is 0 Å². The standard InChI is InChI=1S/C15H29N5O/c1-6-13-12(14(7-2)20(4)19-13)11-18-15(16-8-3)17-9-10-21-5/h6-11H2,1-5H3,(H2,16,17,18). The van der Waals surface area contributed by atoms with Gasteiger partial charge in [-0.3, -0.25) is 4.68 Å². The second-order valence-electron chi connectivity index (χ2n) is 4.82. The van der Waals surface area contributed by atoms with Crippen LogP contribution in [0.4, 0.5) is 0 Å². The number of rotatable bonds is 8. The first-order chi connectivity index (χ1) is 10.2. The summed E-state index contributed by atoms with van der Waals surface area (Å²) in [6.07, 6.45) is 1.91. The molecular weight excluding hydrogens is 266 g/mol. The van der Waals surface area contributed by atoms with Crippen LogP contribution in [0.25, 0.3) is 0 Å². The third-order valence-corrected chi connectivity index (χ3v) is 3.37. The molecule has 0 atom stereocenters. The van der Waals surface area contributed by atoms with Crippen molar-refractivity contribution in [2.45, 2.75) is 40.2 Å². The molecule has 0 saturated heterocycles. The van der Waals surface area contributed by atoms with Crippen LogP contribution in [0, 0.1) is 0 Å². The monoisotopic (exact) mass is 295 g/mol. The SMILES string of the molecule is CCNC(=NCc1c(CC)nn(C)c1CC)NCCOC. The van der Waals surface area contributed by atoms with E-state index in [0.717, 1.165) is 37.6 Å². The van der Waals surface area contributed by atoms with Crippen LogP contribution in [-0.4, -0.2) is 42.5 Å². The predicted octanol–water partition coefficient (Wildman–Crippen LogP) is 1.25. The second-order valence-corrected chi connectivity index (χ2v) is 4.82. The van der Waals surface area contributed by atoms with Crippen LogP contribution in [-0.2, 0) is 31.2 Å². The molecule has 21 heavy (non-hydrogen) atoms. The summed E-state index contributed by atoms with van der Waals surface area (Å²) in [4.78, 5) is 4.67. The van der Waals surface area contributed by atoms with Crippen molar-refractivity contribution in [3.8, 4) is 0 Å². The molecular formula is C15H29N5O. The van der Waals surface area contributed by atoms with Gasteiger partial charge in [-0.25, -0.2) is 4.99 Å². The zero-order valence-electron chi connectivity index (χ0n) is 14.0. The maximum absolute atomic E-state index is 5.05. The van der Waals surface area contributed by atoms with E-state index in [1.807, 2.05) is 11.7 Å². The van der Waals surface area contributed by atoms with Gasteiger partial charge in [0.2, 0.25) is 0 Å². The lowest BCUT2D eigenvalue weighted by molar-refractivity contribution is 0.203. The van der Waals surface area contributed by atoms with Gasteiger partial charge in [0.1, 0.15) is 0 Å². The zero-order chi connectivity index (χ0) is 15.7. The first-order valence-corrected chi connectivity index (χ1v) is 7.72. The Labute approximate surface area is 128 Å². The van der Waals surface area contributed by atoms with Crippen molar-refractivity contribution in [1.82, 2.24) is 20.4 Å². The molecule has 0 unspecified atom stereocenters. The van der Waals surface area contributed by atoms with Crippen LogP contribution in [0.15, 0.2) is 4.99 Å². The van der Waals surface area contributed by atoms with E-state index >= 15 is 0 Å². The Morgan fingerprint density at radius 1 is 1.24 bits per heavy atom. The van der Waals surface area contributed by atoms with Crippen molar-refractivity contribution in [1.29, 1.82) is 0 Å². The fraction of sp³-hybridized carbons (Fsp3) is 0.733. The van der Waals surface area contributed by atoms with Gasteiger partial charge in [0.25, 0.3) is 0 Å². The number of hydrogen-bond acceptors (Lipinski definition) is 3. The maximum Gasteiger partial charge on any atom is 0.191 e. The minimum atomic E-state index is 0.655. The molecule has 0 aliphatic rings. The summed E-state index contributed by atoms with van der Waals surface area (Å²) in [5.41, 5.74) is 3.67.